The summed E-state index contributed by atoms with van der Waals surface area (Å²) in [5, 5.41) is 12.5. The molecule has 1 aliphatic carbocycles. The Kier molecular flexibility index (Phi) is 7.49. The van der Waals surface area contributed by atoms with Crippen LogP contribution in [0.2, 0.25) is 0 Å². The highest BCUT2D eigenvalue weighted by Gasteiger charge is 2.30. The van der Waals surface area contributed by atoms with Gasteiger partial charge in [0.2, 0.25) is 5.91 Å². The Labute approximate surface area is 187 Å². The van der Waals surface area contributed by atoms with Crippen LogP contribution >= 0.6 is 0 Å². The van der Waals surface area contributed by atoms with Gasteiger partial charge in [-0.15, -0.1) is 0 Å². The Morgan fingerprint density at radius 2 is 2.06 bits per heavy atom. The number of aryl methyl sites for hydroxylation is 1. The van der Waals surface area contributed by atoms with Gasteiger partial charge in [-0.1, -0.05) is 6.92 Å². The van der Waals surface area contributed by atoms with Crippen LogP contribution in [-0.2, 0) is 25.8 Å². The summed E-state index contributed by atoms with van der Waals surface area (Å²) in [4.78, 5) is 28.3. The molecule has 174 valence electrons. The monoisotopic (exact) mass is 463 g/mol. The van der Waals surface area contributed by atoms with Crippen LogP contribution < -0.4 is 10.6 Å². The molecular formula is C21H29N5O5S. The molecule has 1 fully saturated rings. The van der Waals surface area contributed by atoms with E-state index in [-0.39, 0.29) is 29.2 Å². The SMILES string of the molecule is CCCNC(=O)OC1CCC(c2cc(NC(=O)Cc3cc(C)ncc3S(C)(=O)=O)n[nH]2)C1. The van der Waals surface area contributed by atoms with E-state index in [0.29, 0.717) is 30.0 Å². The number of aromatic nitrogens is 3. The number of hydrogen-bond acceptors (Lipinski definition) is 7. The quantitative estimate of drug-likeness (QED) is 0.545. The second kappa shape index (κ2) is 10.1. The normalized spacial score (nSPS) is 18.3. The largest absolute Gasteiger partial charge is 0.446 e. The molecule has 1 saturated carbocycles. The first-order chi connectivity index (χ1) is 15.2. The van der Waals surface area contributed by atoms with Gasteiger partial charge < -0.3 is 15.4 Å². The van der Waals surface area contributed by atoms with Gasteiger partial charge in [0.05, 0.1) is 11.3 Å². The molecular weight excluding hydrogens is 434 g/mol. The number of nitrogens with one attached hydrogen (secondary N) is 3. The van der Waals surface area contributed by atoms with E-state index in [9.17, 15) is 18.0 Å². The van der Waals surface area contributed by atoms with Crippen molar-refractivity contribution >= 4 is 27.7 Å². The van der Waals surface area contributed by atoms with Gasteiger partial charge in [-0.3, -0.25) is 14.9 Å². The summed E-state index contributed by atoms with van der Waals surface area (Å²) in [6.45, 7) is 4.30. The number of alkyl carbamates (subject to hydrolysis) is 1. The van der Waals surface area contributed by atoms with Crippen LogP contribution in [0, 0.1) is 6.92 Å². The lowest BCUT2D eigenvalue weighted by atomic mass is 10.0. The smallest absolute Gasteiger partial charge is 0.407 e. The van der Waals surface area contributed by atoms with Gasteiger partial charge in [-0.25, -0.2) is 13.2 Å². The standard InChI is InChI=1S/C21H29N5O5S/c1-4-7-22-21(28)31-16-6-5-14(9-16)17-11-19(26-25-17)24-20(27)10-15-8-13(2)23-12-18(15)32(3,29)30/h8,11-12,14,16H,4-7,9-10H2,1-3H3,(H,22,28)(H2,24,25,26,27). The Hall–Kier alpha value is -2.95. The van der Waals surface area contributed by atoms with Crippen molar-refractivity contribution in [1.82, 2.24) is 20.5 Å². The van der Waals surface area contributed by atoms with E-state index in [2.05, 4.69) is 25.8 Å². The topological polar surface area (TPSA) is 143 Å². The number of amides is 2. The highest BCUT2D eigenvalue weighted by Crippen LogP contribution is 2.35. The number of carbonyl (C=O) groups excluding carboxylic acids is 2. The van der Waals surface area contributed by atoms with Crippen molar-refractivity contribution in [3.8, 4) is 0 Å². The molecule has 2 amide bonds. The third kappa shape index (κ3) is 6.28. The number of ether oxygens (including phenoxy) is 1. The number of hydrogen-bond donors (Lipinski definition) is 3. The van der Waals surface area contributed by atoms with Crippen LogP contribution in [0.1, 0.15) is 55.5 Å². The maximum absolute atomic E-state index is 12.5. The highest BCUT2D eigenvalue weighted by atomic mass is 32.2. The third-order valence-electron chi connectivity index (χ3n) is 5.32. The van der Waals surface area contributed by atoms with Gasteiger partial charge in [0.15, 0.2) is 15.7 Å². The molecule has 0 saturated heterocycles. The zero-order chi connectivity index (χ0) is 23.3. The molecule has 11 heteroatoms. The summed E-state index contributed by atoms with van der Waals surface area (Å²) in [6, 6.07) is 3.36. The molecule has 0 aromatic carbocycles. The molecule has 0 bridgehead atoms. The zero-order valence-corrected chi connectivity index (χ0v) is 19.3. The molecule has 2 unspecified atom stereocenters. The first kappa shape index (κ1) is 23.7. The maximum atomic E-state index is 12.5. The molecule has 10 nitrogen and oxygen atoms in total. The second-order valence-corrected chi connectivity index (χ2v) is 10.1. The van der Waals surface area contributed by atoms with Gasteiger partial charge in [0, 0.05) is 42.4 Å². The molecule has 32 heavy (non-hydrogen) atoms. The van der Waals surface area contributed by atoms with Gasteiger partial charge >= 0.3 is 6.09 Å². The predicted octanol–water partition coefficient (Wildman–Crippen LogP) is 2.47. The molecule has 0 spiro atoms. The molecule has 2 aromatic rings. The van der Waals surface area contributed by atoms with Crippen molar-refractivity contribution in [3.63, 3.8) is 0 Å². The van der Waals surface area contributed by atoms with Crippen molar-refractivity contribution < 1.29 is 22.7 Å². The average molecular weight is 464 g/mol. The minimum atomic E-state index is -3.50. The van der Waals surface area contributed by atoms with E-state index >= 15 is 0 Å². The van der Waals surface area contributed by atoms with Gasteiger partial charge in [0.25, 0.3) is 0 Å². The molecule has 2 heterocycles. The fourth-order valence-electron chi connectivity index (χ4n) is 3.80. The Bertz CT molecular complexity index is 1080. The lowest BCUT2D eigenvalue weighted by molar-refractivity contribution is -0.115. The summed E-state index contributed by atoms with van der Waals surface area (Å²) < 4.78 is 29.4. The zero-order valence-electron chi connectivity index (χ0n) is 18.5. The van der Waals surface area contributed by atoms with Crippen LogP contribution in [0.25, 0.3) is 0 Å². The lowest BCUT2D eigenvalue weighted by Gasteiger charge is -2.12. The number of H-pyrrole nitrogens is 1. The molecule has 2 atom stereocenters. The number of rotatable bonds is 8. The van der Waals surface area contributed by atoms with Crippen molar-refractivity contribution in [1.29, 1.82) is 0 Å². The van der Waals surface area contributed by atoms with E-state index in [4.69, 9.17) is 4.74 Å². The van der Waals surface area contributed by atoms with Gasteiger partial charge in [-0.05, 0) is 44.2 Å². The molecule has 0 aliphatic heterocycles. The van der Waals surface area contributed by atoms with Crippen molar-refractivity contribution in [3.05, 3.63) is 35.3 Å². The minimum Gasteiger partial charge on any atom is -0.446 e. The number of nitrogens with zero attached hydrogens (tertiary/aromatic N) is 2. The second-order valence-electron chi connectivity index (χ2n) is 8.10. The third-order valence-corrected chi connectivity index (χ3v) is 6.48. The fraction of sp³-hybridized carbons (Fsp3) is 0.524. The Balaban J connectivity index is 1.58. The summed E-state index contributed by atoms with van der Waals surface area (Å²) >= 11 is 0. The first-order valence-corrected chi connectivity index (χ1v) is 12.5. The summed E-state index contributed by atoms with van der Waals surface area (Å²) in [6.07, 6.45) is 4.85. The fourth-order valence-corrected chi connectivity index (χ4v) is 4.65. The van der Waals surface area contributed by atoms with Crippen molar-refractivity contribution in [2.45, 2.75) is 62.9 Å². The summed E-state index contributed by atoms with van der Waals surface area (Å²) in [7, 11) is -3.50. The minimum absolute atomic E-state index is 0.0425. The molecule has 1 aliphatic rings. The molecule has 2 aromatic heterocycles. The number of anilines is 1. The van der Waals surface area contributed by atoms with E-state index < -0.39 is 15.9 Å². The molecule has 3 rings (SSSR count). The van der Waals surface area contributed by atoms with Crippen molar-refractivity contribution in [2.75, 3.05) is 18.1 Å². The predicted molar refractivity (Wildman–Crippen MR) is 118 cm³/mol. The van der Waals surface area contributed by atoms with Crippen LogP contribution in [0.5, 0.6) is 0 Å². The van der Waals surface area contributed by atoms with Crippen LogP contribution in [-0.4, -0.2) is 54.5 Å². The lowest BCUT2D eigenvalue weighted by Crippen LogP contribution is -2.28. The Morgan fingerprint density at radius 3 is 2.78 bits per heavy atom. The van der Waals surface area contributed by atoms with Crippen LogP contribution in [0.15, 0.2) is 23.2 Å². The van der Waals surface area contributed by atoms with Gasteiger partial charge in [-0.2, -0.15) is 5.10 Å². The Morgan fingerprint density at radius 1 is 1.28 bits per heavy atom. The van der Waals surface area contributed by atoms with E-state index in [1.54, 1.807) is 19.1 Å². The van der Waals surface area contributed by atoms with E-state index in [0.717, 1.165) is 31.2 Å². The number of aromatic amines is 1. The molecule has 3 N–H and O–H groups in total. The van der Waals surface area contributed by atoms with Gasteiger partial charge in [0.1, 0.15) is 6.10 Å². The summed E-state index contributed by atoms with van der Waals surface area (Å²) in [5.74, 6) is 0.136. The highest BCUT2D eigenvalue weighted by molar-refractivity contribution is 7.90. The van der Waals surface area contributed by atoms with E-state index in [1.807, 2.05) is 6.92 Å². The number of pyridine rings is 1. The van der Waals surface area contributed by atoms with Crippen LogP contribution in [0.4, 0.5) is 10.6 Å². The number of sulfone groups is 1. The number of carbonyl (C=O) groups is 2. The van der Waals surface area contributed by atoms with E-state index in [1.165, 1.54) is 6.20 Å². The maximum Gasteiger partial charge on any atom is 0.407 e. The van der Waals surface area contributed by atoms with Crippen LogP contribution in [0.3, 0.4) is 0 Å². The van der Waals surface area contributed by atoms with Crippen molar-refractivity contribution in [2.24, 2.45) is 0 Å². The molecule has 0 radical (unpaired) electrons. The summed E-state index contributed by atoms with van der Waals surface area (Å²) in [5.41, 5.74) is 1.88. The first-order valence-electron chi connectivity index (χ1n) is 10.6. The average Bonchev–Trinajstić information content (AvgIpc) is 3.34.